The molecule has 3 heterocycles. The predicted molar refractivity (Wildman–Crippen MR) is 89.3 cm³/mol. The summed E-state index contributed by atoms with van der Waals surface area (Å²) >= 11 is 1.26. The number of fused-ring (bicyclic) bond motifs is 5. The number of hydrogen-bond acceptors (Lipinski definition) is 5. The third-order valence-corrected chi connectivity index (χ3v) is 7.09. The summed E-state index contributed by atoms with van der Waals surface area (Å²) in [7, 11) is 1.56. The molecule has 0 aliphatic carbocycles. The Morgan fingerprint density at radius 3 is 2.88 bits per heavy atom. The highest BCUT2D eigenvalue weighted by Gasteiger charge is 2.68. The molecule has 1 N–H and O–H groups in total. The summed E-state index contributed by atoms with van der Waals surface area (Å²) in [6.07, 6.45) is -3.24. The van der Waals surface area contributed by atoms with Crippen LogP contribution < -0.4 is 9.62 Å². The summed E-state index contributed by atoms with van der Waals surface area (Å²) in [6, 6.07) is 5.27. The Balaban J connectivity index is 1.71. The second-order valence-corrected chi connectivity index (χ2v) is 8.01. The number of nitrogens with zero attached hydrogens (tertiary/aromatic N) is 2. The zero-order valence-corrected chi connectivity index (χ0v) is 14.7. The summed E-state index contributed by atoms with van der Waals surface area (Å²) in [5, 5.41) is 11.6. The molecule has 2 bridgehead atoms. The number of carbonyl (C=O) groups is 1. The number of nitriles is 1. The van der Waals surface area contributed by atoms with Crippen molar-refractivity contribution >= 4 is 23.5 Å². The van der Waals surface area contributed by atoms with Crippen molar-refractivity contribution in [3.63, 3.8) is 0 Å². The van der Waals surface area contributed by atoms with Crippen LogP contribution in [0.4, 0.5) is 18.9 Å². The molecule has 5 nitrogen and oxygen atoms in total. The van der Waals surface area contributed by atoms with E-state index in [9.17, 15) is 18.0 Å². The second kappa shape index (κ2) is 5.79. The van der Waals surface area contributed by atoms with Crippen LogP contribution in [0.1, 0.15) is 24.0 Å². The average Bonchev–Trinajstić information content (AvgIpc) is 3.30. The SMILES string of the molecule is CNC(=O)[C@]12SN(c3ccc(C#N)c(C(F)(F)F)c3)C[C@H]1[C@@H]1CC[C@H]2O1. The first-order valence-corrected chi connectivity index (χ1v) is 9.04. The summed E-state index contributed by atoms with van der Waals surface area (Å²) in [5.74, 6) is -0.219. The summed E-state index contributed by atoms with van der Waals surface area (Å²) in [5.41, 5.74) is -1.02. The van der Waals surface area contributed by atoms with Crippen LogP contribution in [0.15, 0.2) is 18.2 Å². The molecule has 3 aliphatic rings. The predicted octanol–water partition coefficient (Wildman–Crippen LogP) is 2.71. The number of rotatable bonds is 2. The van der Waals surface area contributed by atoms with E-state index < -0.39 is 22.1 Å². The summed E-state index contributed by atoms with van der Waals surface area (Å²) < 4.78 is 46.7. The smallest absolute Gasteiger partial charge is 0.372 e. The maximum absolute atomic E-state index is 13.3. The Bertz CT molecular complexity index is 809. The summed E-state index contributed by atoms with van der Waals surface area (Å²) in [6.45, 7) is 0.433. The van der Waals surface area contributed by atoms with E-state index in [-0.39, 0.29) is 24.0 Å². The Hall–Kier alpha value is -1.92. The first kappa shape index (κ1) is 17.5. The minimum Gasteiger partial charge on any atom is -0.372 e. The topological polar surface area (TPSA) is 65.4 Å². The van der Waals surface area contributed by atoms with E-state index >= 15 is 0 Å². The van der Waals surface area contributed by atoms with Gasteiger partial charge in [-0.2, -0.15) is 18.4 Å². The molecule has 0 spiro atoms. The molecule has 1 aromatic carbocycles. The Morgan fingerprint density at radius 1 is 1.46 bits per heavy atom. The van der Waals surface area contributed by atoms with Gasteiger partial charge in [-0.15, -0.1) is 0 Å². The quantitative estimate of drug-likeness (QED) is 0.796. The van der Waals surface area contributed by atoms with Crippen molar-refractivity contribution in [2.75, 3.05) is 17.9 Å². The van der Waals surface area contributed by atoms with Crippen LogP contribution in [0, 0.1) is 17.2 Å². The van der Waals surface area contributed by atoms with Gasteiger partial charge in [0.25, 0.3) is 0 Å². The van der Waals surface area contributed by atoms with E-state index in [1.165, 1.54) is 24.1 Å². The second-order valence-electron chi connectivity index (χ2n) is 6.71. The lowest BCUT2D eigenvalue weighted by Crippen LogP contribution is -2.53. The van der Waals surface area contributed by atoms with Gasteiger partial charge >= 0.3 is 6.18 Å². The number of benzene rings is 1. The number of amides is 1. The van der Waals surface area contributed by atoms with Crippen molar-refractivity contribution in [2.24, 2.45) is 5.92 Å². The number of halogens is 3. The molecule has 0 radical (unpaired) electrons. The Morgan fingerprint density at radius 2 is 2.23 bits per heavy atom. The maximum Gasteiger partial charge on any atom is 0.417 e. The van der Waals surface area contributed by atoms with Crippen molar-refractivity contribution in [3.8, 4) is 6.07 Å². The normalized spacial score (nSPS) is 32.4. The fraction of sp³-hybridized carbons (Fsp3) is 0.529. The average molecular weight is 383 g/mol. The van der Waals surface area contributed by atoms with Gasteiger partial charge in [0, 0.05) is 25.2 Å². The summed E-state index contributed by atoms with van der Waals surface area (Å²) in [4.78, 5) is 12.6. The molecular formula is C17H16F3N3O2S. The van der Waals surface area contributed by atoms with Crippen LogP contribution >= 0.6 is 11.9 Å². The van der Waals surface area contributed by atoms with Crippen LogP contribution in [0.25, 0.3) is 0 Å². The van der Waals surface area contributed by atoms with Crippen molar-refractivity contribution < 1.29 is 22.7 Å². The molecule has 3 saturated heterocycles. The van der Waals surface area contributed by atoms with Gasteiger partial charge in [0.1, 0.15) is 4.75 Å². The molecule has 0 saturated carbocycles. The molecule has 3 aliphatic heterocycles. The fourth-order valence-corrected chi connectivity index (χ4v) is 5.95. The number of anilines is 1. The van der Waals surface area contributed by atoms with Crippen LogP contribution in [-0.4, -0.2) is 36.5 Å². The largest absolute Gasteiger partial charge is 0.417 e. The van der Waals surface area contributed by atoms with E-state index in [0.29, 0.717) is 12.2 Å². The van der Waals surface area contributed by atoms with E-state index in [2.05, 4.69) is 5.32 Å². The molecule has 4 rings (SSSR count). The molecule has 0 aromatic heterocycles. The monoisotopic (exact) mass is 383 g/mol. The minimum absolute atomic E-state index is 0.0460. The Labute approximate surface area is 152 Å². The van der Waals surface area contributed by atoms with Gasteiger partial charge < -0.3 is 14.4 Å². The maximum atomic E-state index is 13.3. The number of ether oxygens (including phenoxy) is 1. The molecule has 26 heavy (non-hydrogen) atoms. The van der Waals surface area contributed by atoms with Crippen molar-refractivity contribution in [1.29, 1.82) is 5.26 Å². The van der Waals surface area contributed by atoms with Crippen LogP contribution in [-0.2, 0) is 15.7 Å². The van der Waals surface area contributed by atoms with Crippen molar-refractivity contribution in [1.82, 2.24) is 5.32 Å². The van der Waals surface area contributed by atoms with Gasteiger partial charge in [-0.05, 0) is 43.0 Å². The van der Waals surface area contributed by atoms with Crippen LogP contribution in [0.3, 0.4) is 0 Å². The molecule has 9 heteroatoms. The van der Waals surface area contributed by atoms with Crippen molar-refractivity contribution in [2.45, 2.75) is 36.0 Å². The van der Waals surface area contributed by atoms with Gasteiger partial charge in [0.2, 0.25) is 5.91 Å². The lowest BCUT2D eigenvalue weighted by molar-refractivity contribution is -0.137. The molecule has 138 valence electrons. The zero-order chi connectivity index (χ0) is 18.7. The highest BCUT2D eigenvalue weighted by atomic mass is 32.2. The standard InChI is InChI=1S/C17H16F3N3O2S/c1-22-15(24)16-12(13-4-5-14(16)25-13)8-23(26-16)10-3-2-9(7-21)11(6-10)17(18,19)20/h2-3,6,12-14H,4-5,8H2,1H3,(H,22,24)/t12-,13-,14+,16-/m0/s1. The molecule has 3 fully saturated rings. The number of alkyl halides is 3. The van der Waals surface area contributed by atoms with Gasteiger partial charge in [0.05, 0.1) is 29.4 Å². The van der Waals surface area contributed by atoms with Crippen molar-refractivity contribution in [3.05, 3.63) is 29.3 Å². The lowest BCUT2D eigenvalue weighted by Gasteiger charge is -2.32. The third-order valence-electron chi connectivity index (χ3n) is 5.45. The van der Waals surface area contributed by atoms with Gasteiger partial charge in [-0.1, -0.05) is 0 Å². The highest BCUT2D eigenvalue weighted by molar-refractivity contribution is 8.03. The molecule has 1 amide bonds. The molecule has 1 aromatic rings. The first-order chi connectivity index (χ1) is 12.3. The fourth-order valence-electron chi connectivity index (χ4n) is 4.30. The zero-order valence-electron chi connectivity index (χ0n) is 13.8. The number of hydrogen-bond donors (Lipinski definition) is 1. The first-order valence-electron chi connectivity index (χ1n) is 8.27. The van der Waals surface area contributed by atoms with E-state index in [4.69, 9.17) is 10.00 Å². The minimum atomic E-state index is -4.61. The lowest BCUT2D eigenvalue weighted by atomic mass is 9.78. The van der Waals surface area contributed by atoms with Crippen LogP contribution in [0.5, 0.6) is 0 Å². The number of nitrogens with one attached hydrogen (secondary N) is 1. The van der Waals surface area contributed by atoms with Gasteiger partial charge in [-0.3, -0.25) is 4.79 Å². The highest BCUT2D eigenvalue weighted by Crippen LogP contribution is 2.59. The van der Waals surface area contributed by atoms with Gasteiger partial charge in [-0.25, -0.2) is 0 Å². The van der Waals surface area contributed by atoms with Crippen LogP contribution in [0.2, 0.25) is 0 Å². The molecule has 4 atom stereocenters. The Kier molecular flexibility index (Phi) is 3.90. The molecular weight excluding hydrogens is 367 g/mol. The van der Waals surface area contributed by atoms with Gasteiger partial charge in [0.15, 0.2) is 0 Å². The van der Waals surface area contributed by atoms with E-state index in [1.807, 2.05) is 0 Å². The van der Waals surface area contributed by atoms with E-state index in [1.54, 1.807) is 17.4 Å². The third kappa shape index (κ3) is 2.32. The molecule has 0 unspecified atom stereocenters. The number of carbonyl (C=O) groups excluding carboxylic acids is 1. The van der Waals surface area contributed by atoms with E-state index in [0.717, 1.165) is 18.9 Å².